The second-order valence-electron chi connectivity index (χ2n) is 5.30. The van der Waals surface area contributed by atoms with E-state index in [1.807, 2.05) is 36.4 Å². The van der Waals surface area contributed by atoms with Gasteiger partial charge in [-0.3, -0.25) is 4.79 Å². The Morgan fingerprint density at radius 1 is 1.17 bits per heavy atom. The lowest BCUT2D eigenvalue weighted by atomic mass is 10.2. The average molecular weight is 323 g/mol. The number of para-hydroxylation sites is 1. The second kappa shape index (κ2) is 7.38. The minimum atomic E-state index is -0.0606. The maximum absolute atomic E-state index is 11.9. The molecule has 1 aliphatic rings. The molecule has 1 amide bonds. The van der Waals surface area contributed by atoms with Crippen LogP contribution in [0.5, 0.6) is 11.5 Å². The average Bonchev–Trinajstić information content (AvgIpc) is 3.08. The van der Waals surface area contributed by atoms with E-state index in [9.17, 15) is 4.79 Å². The number of nitriles is 1. The number of carbonyl (C=O) groups excluding carboxylic acids is 1. The molecule has 0 unspecified atom stereocenters. The van der Waals surface area contributed by atoms with Gasteiger partial charge in [-0.1, -0.05) is 18.2 Å². The number of rotatable bonds is 6. The lowest BCUT2D eigenvalue weighted by Crippen LogP contribution is -2.24. The lowest BCUT2D eigenvalue weighted by Gasteiger charge is -2.09. The van der Waals surface area contributed by atoms with Gasteiger partial charge in [0.05, 0.1) is 11.3 Å². The summed E-state index contributed by atoms with van der Waals surface area (Å²) in [5, 5.41) is 15.0. The van der Waals surface area contributed by atoms with Crippen LogP contribution in [0, 0.1) is 11.3 Å². The quantitative estimate of drug-likeness (QED) is 0.853. The molecule has 2 N–H and O–H groups in total. The second-order valence-corrected chi connectivity index (χ2v) is 5.30. The van der Waals surface area contributed by atoms with Gasteiger partial charge in [0.15, 0.2) is 11.5 Å². The van der Waals surface area contributed by atoms with Crippen molar-refractivity contribution in [3.05, 3.63) is 53.6 Å². The van der Waals surface area contributed by atoms with Crippen molar-refractivity contribution in [1.82, 2.24) is 5.32 Å². The summed E-state index contributed by atoms with van der Waals surface area (Å²) in [6.07, 6.45) is 0.324. The largest absolute Gasteiger partial charge is 0.454 e. The first kappa shape index (κ1) is 15.7. The topological polar surface area (TPSA) is 83.4 Å². The van der Waals surface area contributed by atoms with E-state index in [1.54, 1.807) is 6.07 Å². The van der Waals surface area contributed by atoms with Gasteiger partial charge in [0, 0.05) is 19.5 Å². The molecule has 0 saturated heterocycles. The number of ether oxygens (including phenoxy) is 2. The Kier molecular flexibility index (Phi) is 4.82. The van der Waals surface area contributed by atoms with Gasteiger partial charge in [-0.25, -0.2) is 0 Å². The van der Waals surface area contributed by atoms with Crippen molar-refractivity contribution < 1.29 is 14.3 Å². The Labute approximate surface area is 140 Å². The molecule has 0 aromatic heterocycles. The summed E-state index contributed by atoms with van der Waals surface area (Å²) in [6, 6.07) is 14.9. The molecule has 0 atom stereocenters. The molecule has 0 saturated carbocycles. The van der Waals surface area contributed by atoms with Crippen LogP contribution < -0.4 is 20.1 Å². The molecule has 122 valence electrons. The standard InChI is InChI=1S/C18H17N3O3/c19-10-14-3-1-2-4-15(14)20-8-7-18(22)21-11-13-5-6-16-17(9-13)24-12-23-16/h1-6,9,20H,7-8,11-12H2,(H,21,22). The van der Waals surface area contributed by atoms with Crippen LogP contribution in [0.2, 0.25) is 0 Å². The maximum atomic E-state index is 11.9. The third kappa shape index (κ3) is 3.76. The van der Waals surface area contributed by atoms with Gasteiger partial charge < -0.3 is 20.1 Å². The summed E-state index contributed by atoms with van der Waals surface area (Å²) < 4.78 is 10.6. The summed E-state index contributed by atoms with van der Waals surface area (Å²) >= 11 is 0. The van der Waals surface area contributed by atoms with Crippen molar-refractivity contribution in [2.24, 2.45) is 0 Å². The third-order valence-electron chi connectivity index (χ3n) is 3.64. The number of nitrogens with zero attached hydrogens (tertiary/aromatic N) is 1. The van der Waals surface area contributed by atoms with E-state index in [2.05, 4.69) is 16.7 Å². The van der Waals surface area contributed by atoms with Crippen molar-refractivity contribution in [3.8, 4) is 17.6 Å². The van der Waals surface area contributed by atoms with Gasteiger partial charge in [0.2, 0.25) is 12.7 Å². The summed E-state index contributed by atoms with van der Waals surface area (Å²) in [7, 11) is 0. The highest BCUT2D eigenvalue weighted by molar-refractivity contribution is 5.76. The molecule has 3 rings (SSSR count). The fourth-order valence-electron chi connectivity index (χ4n) is 2.39. The molecule has 0 fully saturated rings. The molecule has 6 heteroatoms. The molecule has 24 heavy (non-hydrogen) atoms. The number of nitrogens with one attached hydrogen (secondary N) is 2. The van der Waals surface area contributed by atoms with Gasteiger partial charge in [-0.2, -0.15) is 5.26 Å². The van der Waals surface area contributed by atoms with Crippen molar-refractivity contribution >= 4 is 11.6 Å². The minimum Gasteiger partial charge on any atom is -0.454 e. The minimum absolute atomic E-state index is 0.0606. The molecule has 0 spiro atoms. The first-order chi connectivity index (χ1) is 11.8. The summed E-state index contributed by atoms with van der Waals surface area (Å²) in [6.45, 7) is 1.14. The molecular formula is C18H17N3O3. The van der Waals surface area contributed by atoms with Crippen molar-refractivity contribution in [1.29, 1.82) is 5.26 Å². The Balaban J connectivity index is 1.44. The molecule has 6 nitrogen and oxygen atoms in total. The fourth-order valence-corrected chi connectivity index (χ4v) is 2.39. The number of hydrogen-bond donors (Lipinski definition) is 2. The van der Waals surface area contributed by atoms with E-state index in [0.29, 0.717) is 30.8 Å². The van der Waals surface area contributed by atoms with Gasteiger partial charge in [0.25, 0.3) is 0 Å². The Bertz CT molecular complexity index is 783. The summed E-state index contributed by atoms with van der Waals surface area (Å²) in [5.41, 5.74) is 2.26. The van der Waals surface area contributed by atoms with Crippen LogP contribution >= 0.6 is 0 Å². The van der Waals surface area contributed by atoms with E-state index < -0.39 is 0 Å². The first-order valence-electron chi connectivity index (χ1n) is 7.64. The lowest BCUT2D eigenvalue weighted by molar-refractivity contribution is -0.121. The molecular weight excluding hydrogens is 306 g/mol. The monoisotopic (exact) mass is 323 g/mol. The zero-order valence-corrected chi connectivity index (χ0v) is 13.0. The highest BCUT2D eigenvalue weighted by Crippen LogP contribution is 2.32. The van der Waals surface area contributed by atoms with Gasteiger partial charge in [-0.15, -0.1) is 0 Å². The molecule has 2 aromatic carbocycles. The van der Waals surface area contributed by atoms with Crippen molar-refractivity contribution in [2.75, 3.05) is 18.7 Å². The van der Waals surface area contributed by atoms with Crippen LogP contribution in [-0.2, 0) is 11.3 Å². The highest BCUT2D eigenvalue weighted by atomic mass is 16.7. The van der Waals surface area contributed by atoms with Crippen LogP contribution in [0.3, 0.4) is 0 Å². The molecule has 1 heterocycles. The van der Waals surface area contributed by atoms with Crippen LogP contribution in [0.4, 0.5) is 5.69 Å². The highest BCUT2D eigenvalue weighted by Gasteiger charge is 2.13. The van der Waals surface area contributed by atoms with Gasteiger partial charge >= 0.3 is 0 Å². The molecule has 0 radical (unpaired) electrons. The number of amides is 1. The number of carbonyl (C=O) groups is 1. The van der Waals surface area contributed by atoms with Crippen molar-refractivity contribution in [3.63, 3.8) is 0 Å². The molecule has 1 aliphatic heterocycles. The Morgan fingerprint density at radius 3 is 2.88 bits per heavy atom. The summed E-state index contributed by atoms with van der Waals surface area (Å²) in [5.74, 6) is 1.37. The Hall–Kier alpha value is -3.20. The predicted octanol–water partition coefficient (Wildman–Crippen LogP) is 2.41. The summed E-state index contributed by atoms with van der Waals surface area (Å²) in [4.78, 5) is 11.9. The van der Waals surface area contributed by atoms with E-state index in [0.717, 1.165) is 17.0 Å². The van der Waals surface area contributed by atoms with Crippen LogP contribution in [0.15, 0.2) is 42.5 Å². The zero-order valence-electron chi connectivity index (χ0n) is 13.0. The van der Waals surface area contributed by atoms with Crippen molar-refractivity contribution in [2.45, 2.75) is 13.0 Å². The fraction of sp³-hybridized carbons (Fsp3) is 0.222. The SMILES string of the molecule is N#Cc1ccccc1NCCC(=O)NCc1ccc2c(c1)OCO2. The maximum Gasteiger partial charge on any atom is 0.231 e. The van der Waals surface area contributed by atoms with Gasteiger partial charge in [0.1, 0.15) is 6.07 Å². The predicted molar refractivity (Wildman–Crippen MR) is 88.7 cm³/mol. The molecule has 0 aliphatic carbocycles. The van der Waals surface area contributed by atoms with E-state index in [1.165, 1.54) is 0 Å². The van der Waals surface area contributed by atoms with Gasteiger partial charge in [-0.05, 0) is 29.8 Å². The first-order valence-corrected chi connectivity index (χ1v) is 7.64. The Morgan fingerprint density at radius 2 is 2.00 bits per heavy atom. The molecule has 2 aromatic rings. The molecule has 0 bridgehead atoms. The zero-order chi connectivity index (χ0) is 16.8. The third-order valence-corrected chi connectivity index (χ3v) is 3.64. The number of hydrogen-bond acceptors (Lipinski definition) is 5. The number of benzene rings is 2. The number of anilines is 1. The van der Waals surface area contributed by atoms with E-state index >= 15 is 0 Å². The van der Waals surface area contributed by atoms with E-state index in [4.69, 9.17) is 14.7 Å². The number of fused-ring (bicyclic) bond motifs is 1. The smallest absolute Gasteiger partial charge is 0.231 e. The van der Waals surface area contributed by atoms with Crippen LogP contribution in [0.25, 0.3) is 0 Å². The van der Waals surface area contributed by atoms with Crippen LogP contribution in [-0.4, -0.2) is 19.2 Å². The van der Waals surface area contributed by atoms with Crippen LogP contribution in [0.1, 0.15) is 17.5 Å². The normalized spacial score (nSPS) is 11.6. The van der Waals surface area contributed by atoms with E-state index in [-0.39, 0.29) is 12.7 Å².